The number of amides is 3. The topological polar surface area (TPSA) is 101 Å². The van der Waals surface area contributed by atoms with Crippen LogP contribution in [0.1, 0.15) is 46.9 Å². The molecule has 3 amide bonds. The number of benzene rings is 2. The van der Waals surface area contributed by atoms with E-state index in [-0.39, 0.29) is 42.2 Å². The molecule has 2 aliphatic rings. The van der Waals surface area contributed by atoms with Crippen LogP contribution in [0.15, 0.2) is 36.4 Å². The largest absolute Gasteiger partial charge is 0.350 e. The van der Waals surface area contributed by atoms with Gasteiger partial charge in [0.15, 0.2) is 9.84 Å². The number of hydrogen-bond donors (Lipinski definition) is 1. The van der Waals surface area contributed by atoms with Gasteiger partial charge in [0.25, 0.3) is 11.8 Å². The molecular formula is C21H22N2O5S. The second-order valence-electron chi connectivity index (χ2n) is 8.03. The number of rotatable bonds is 5. The molecule has 1 saturated heterocycles. The van der Waals surface area contributed by atoms with Crippen LogP contribution in [0.25, 0.3) is 10.8 Å². The second kappa shape index (κ2) is 6.95. The zero-order valence-electron chi connectivity index (χ0n) is 16.1. The molecule has 7 nitrogen and oxygen atoms in total. The summed E-state index contributed by atoms with van der Waals surface area (Å²) in [4.78, 5) is 39.1. The van der Waals surface area contributed by atoms with Crippen molar-refractivity contribution in [3.63, 3.8) is 0 Å². The summed E-state index contributed by atoms with van der Waals surface area (Å²) >= 11 is 0. The molecule has 0 bridgehead atoms. The molecule has 0 saturated carbocycles. The minimum Gasteiger partial charge on any atom is -0.350 e. The maximum atomic E-state index is 12.8. The van der Waals surface area contributed by atoms with Crippen molar-refractivity contribution in [3.05, 3.63) is 47.5 Å². The predicted octanol–water partition coefficient (Wildman–Crippen LogP) is 1.91. The zero-order chi connectivity index (χ0) is 20.8. The summed E-state index contributed by atoms with van der Waals surface area (Å²) in [7, 11) is -3.11. The van der Waals surface area contributed by atoms with Crippen molar-refractivity contribution in [2.75, 3.05) is 18.1 Å². The molecule has 2 aromatic rings. The van der Waals surface area contributed by atoms with Gasteiger partial charge in [0.2, 0.25) is 5.91 Å². The molecule has 0 spiro atoms. The SMILES string of the molecule is C[C@@]1(NC(=O)CCCN2C(=O)c3cccc4cccc(c34)C2=O)CCS(=O)(=O)C1. The molecular weight excluding hydrogens is 392 g/mol. The fraction of sp³-hybridized carbons (Fsp3) is 0.381. The summed E-state index contributed by atoms with van der Waals surface area (Å²) in [6.07, 6.45) is 0.813. The van der Waals surface area contributed by atoms with Gasteiger partial charge < -0.3 is 5.32 Å². The lowest BCUT2D eigenvalue weighted by Gasteiger charge is -2.27. The Kier molecular flexibility index (Phi) is 4.69. The van der Waals surface area contributed by atoms with Crippen LogP contribution >= 0.6 is 0 Å². The van der Waals surface area contributed by atoms with Crippen molar-refractivity contribution in [2.24, 2.45) is 0 Å². The molecule has 8 heteroatoms. The Balaban J connectivity index is 1.41. The summed E-state index contributed by atoms with van der Waals surface area (Å²) in [6.45, 7) is 1.86. The molecule has 2 aliphatic heterocycles. The van der Waals surface area contributed by atoms with Gasteiger partial charge in [-0.15, -0.1) is 0 Å². The van der Waals surface area contributed by atoms with Crippen molar-refractivity contribution < 1.29 is 22.8 Å². The number of nitrogens with one attached hydrogen (secondary N) is 1. The molecule has 0 aromatic heterocycles. The van der Waals surface area contributed by atoms with E-state index in [0.29, 0.717) is 29.4 Å². The van der Waals surface area contributed by atoms with Gasteiger partial charge >= 0.3 is 0 Å². The molecule has 2 heterocycles. The summed E-state index contributed by atoms with van der Waals surface area (Å²) in [5.41, 5.74) is 0.234. The molecule has 152 valence electrons. The Morgan fingerprint density at radius 2 is 1.72 bits per heavy atom. The third kappa shape index (κ3) is 3.64. The van der Waals surface area contributed by atoms with Crippen LogP contribution in [0, 0.1) is 0 Å². The molecule has 0 unspecified atom stereocenters. The van der Waals surface area contributed by atoms with E-state index in [1.165, 1.54) is 4.90 Å². The van der Waals surface area contributed by atoms with Crippen molar-refractivity contribution in [3.8, 4) is 0 Å². The Labute approximate surface area is 169 Å². The molecule has 0 aliphatic carbocycles. The summed E-state index contributed by atoms with van der Waals surface area (Å²) in [5, 5.41) is 4.32. The molecule has 2 aromatic carbocycles. The normalized spacial score (nSPS) is 22.9. The van der Waals surface area contributed by atoms with E-state index >= 15 is 0 Å². The van der Waals surface area contributed by atoms with Gasteiger partial charge in [0.1, 0.15) is 0 Å². The number of hydrogen-bond acceptors (Lipinski definition) is 5. The highest BCUT2D eigenvalue weighted by Gasteiger charge is 2.39. The van der Waals surface area contributed by atoms with E-state index in [4.69, 9.17) is 0 Å². The third-order valence-electron chi connectivity index (χ3n) is 5.59. The molecule has 1 fully saturated rings. The molecule has 1 N–H and O–H groups in total. The van der Waals surface area contributed by atoms with Gasteiger partial charge in [-0.2, -0.15) is 0 Å². The first-order valence-corrected chi connectivity index (χ1v) is 11.4. The van der Waals surface area contributed by atoms with Crippen LogP contribution < -0.4 is 5.32 Å². The number of carbonyl (C=O) groups excluding carboxylic acids is 3. The van der Waals surface area contributed by atoms with Crippen molar-refractivity contribution >= 4 is 38.3 Å². The summed E-state index contributed by atoms with van der Waals surface area (Å²) in [5.74, 6) is -0.965. The first kappa shape index (κ1) is 19.6. The first-order chi connectivity index (χ1) is 13.7. The number of imide groups is 1. The van der Waals surface area contributed by atoms with E-state index in [2.05, 4.69) is 5.32 Å². The Bertz CT molecular complexity index is 1090. The van der Waals surface area contributed by atoms with Crippen molar-refractivity contribution in [1.82, 2.24) is 10.2 Å². The summed E-state index contributed by atoms with van der Waals surface area (Å²) in [6, 6.07) is 10.7. The van der Waals surface area contributed by atoms with Gasteiger partial charge in [-0.1, -0.05) is 24.3 Å². The van der Waals surface area contributed by atoms with E-state index in [1.807, 2.05) is 12.1 Å². The van der Waals surface area contributed by atoms with Crippen LogP contribution in [0.3, 0.4) is 0 Å². The highest BCUT2D eigenvalue weighted by molar-refractivity contribution is 7.91. The number of sulfone groups is 1. The van der Waals surface area contributed by atoms with Crippen molar-refractivity contribution in [1.29, 1.82) is 0 Å². The minimum atomic E-state index is -3.11. The van der Waals surface area contributed by atoms with Crippen LogP contribution in [0.5, 0.6) is 0 Å². The fourth-order valence-corrected chi connectivity index (χ4v) is 6.28. The predicted molar refractivity (Wildman–Crippen MR) is 108 cm³/mol. The van der Waals surface area contributed by atoms with Crippen molar-refractivity contribution in [2.45, 2.75) is 31.7 Å². The molecule has 1 atom stereocenters. The minimum absolute atomic E-state index is 0.0599. The maximum Gasteiger partial charge on any atom is 0.261 e. The van der Waals surface area contributed by atoms with Gasteiger partial charge in [0, 0.05) is 29.5 Å². The zero-order valence-corrected chi connectivity index (χ0v) is 16.9. The van der Waals surface area contributed by atoms with E-state index in [9.17, 15) is 22.8 Å². The van der Waals surface area contributed by atoms with Crippen LogP contribution in [-0.2, 0) is 14.6 Å². The summed E-state index contributed by atoms with van der Waals surface area (Å²) < 4.78 is 23.3. The smallest absolute Gasteiger partial charge is 0.261 e. The van der Waals surface area contributed by atoms with E-state index < -0.39 is 15.4 Å². The lowest BCUT2D eigenvalue weighted by atomic mass is 9.94. The van der Waals surface area contributed by atoms with E-state index in [1.54, 1.807) is 31.2 Å². The highest BCUT2D eigenvalue weighted by Crippen LogP contribution is 2.30. The number of nitrogens with zero attached hydrogens (tertiary/aromatic N) is 1. The standard InChI is InChI=1S/C21H22N2O5S/c1-21(10-12-29(27,28)13-21)22-17(24)9-4-11-23-19(25)15-7-2-5-14-6-3-8-16(18(14)15)20(23)26/h2-3,5-8H,4,9-13H2,1H3,(H,22,24)/t21-/m1/s1. The lowest BCUT2D eigenvalue weighted by Crippen LogP contribution is -2.47. The average Bonchev–Trinajstić information content (AvgIpc) is 2.94. The first-order valence-electron chi connectivity index (χ1n) is 9.59. The Morgan fingerprint density at radius 3 is 2.28 bits per heavy atom. The lowest BCUT2D eigenvalue weighted by molar-refractivity contribution is -0.122. The van der Waals surface area contributed by atoms with Crippen LogP contribution in [0.4, 0.5) is 0 Å². The quantitative estimate of drug-likeness (QED) is 0.754. The monoisotopic (exact) mass is 414 g/mol. The molecule has 4 rings (SSSR count). The van der Waals surface area contributed by atoms with Crippen LogP contribution in [-0.4, -0.2) is 54.6 Å². The molecule has 29 heavy (non-hydrogen) atoms. The average molecular weight is 414 g/mol. The van der Waals surface area contributed by atoms with E-state index in [0.717, 1.165) is 5.39 Å². The van der Waals surface area contributed by atoms with Gasteiger partial charge in [-0.05, 0) is 37.3 Å². The van der Waals surface area contributed by atoms with Gasteiger partial charge in [0.05, 0.1) is 17.0 Å². The highest BCUT2D eigenvalue weighted by atomic mass is 32.2. The second-order valence-corrected chi connectivity index (χ2v) is 10.2. The molecule has 0 radical (unpaired) electrons. The van der Waals surface area contributed by atoms with Gasteiger partial charge in [-0.3, -0.25) is 19.3 Å². The van der Waals surface area contributed by atoms with Gasteiger partial charge in [-0.25, -0.2) is 8.42 Å². The van der Waals surface area contributed by atoms with Crippen LogP contribution in [0.2, 0.25) is 0 Å². The Morgan fingerprint density at radius 1 is 1.10 bits per heavy atom. The third-order valence-corrected chi connectivity index (χ3v) is 7.49. The maximum absolute atomic E-state index is 12.8. The fourth-order valence-electron chi connectivity index (χ4n) is 4.19. The number of carbonyl (C=O) groups is 3. The Hall–Kier alpha value is -2.74.